The fourth-order valence-corrected chi connectivity index (χ4v) is 2.99. The minimum absolute atomic E-state index is 0.117. The van der Waals surface area contributed by atoms with Crippen LogP contribution >= 0.6 is 15.9 Å². The lowest BCUT2D eigenvalue weighted by Crippen LogP contribution is -2.34. The van der Waals surface area contributed by atoms with E-state index >= 15 is 0 Å². The molecule has 1 unspecified atom stereocenters. The minimum Gasteiger partial charge on any atom is -0.316 e. The van der Waals surface area contributed by atoms with Gasteiger partial charge < -0.3 is 5.32 Å². The van der Waals surface area contributed by atoms with Gasteiger partial charge in [-0.25, -0.2) is 8.42 Å². The standard InChI is InChI=1S/C12H16BrF3N2O2S/c1-3-17-7-8(2)21(19,20)18-9-4-5-11(13)10(6-9)12(14,15)16/h4-6,8,17-18H,3,7H2,1-2H3. The van der Waals surface area contributed by atoms with Crippen molar-refractivity contribution in [1.29, 1.82) is 0 Å². The summed E-state index contributed by atoms with van der Waals surface area (Å²) in [5.74, 6) is 0. The fraction of sp³-hybridized carbons (Fsp3) is 0.500. The topological polar surface area (TPSA) is 58.2 Å². The highest BCUT2D eigenvalue weighted by Crippen LogP contribution is 2.36. The first-order chi connectivity index (χ1) is 9.58. The number of rotatable bonds is 6. The molecule has 1 atom stereocenters. The Balaban J connectivity index is 2.98. The van der Waals surface area contributed by atoms with Gasteiger partial charge in [0.15, 0.2) is 0 Å². The largest absolute Gasteiger partial charge is 0.417 e. The van der Waals surface area contributed by atoms with Crippen LogP contribution in [0.1, 0.15) is 19.4 Å². The van der Waals surface area contributed by atoms with E-state index in [9.17, 15) is 21.6 Å². The van der Waals surface area contributed by atoms with E-state index < -0.39 is 27.0 Å². The highest BCUT2D eigenvalue weighted by atomic mass is 79.9. The second-order valence-electron chi connectivity index (χ2n) is 4.46. The van der Waals surface area contributed by atoms with Crippen LogP contribution in [0.15, 0.2) is 22.7 Å². The highest BCUT2D eigenvalue weighted by Gasteiger charge is 2.33. The molecule has 2 N–H and O–H groups in total. The first-order valence-corrected chi connectivity index (χ1v) is 8.51. The maximum absolute atomic E-state index is 12.8. The average molecular weight is 389 g/mol. The molecule has 0 aliphatic heterocycles. The number of sulfonamides is 1. The molecule has 0 amide bonds. The third-order valence-corrected chi connectivity index (χ3v) is 5.18. The van der Waals surface area contributed by atoms with E-state index in [1.54, 1.807) is 0 Å². The number of hydrogen-bond donors (Lipinski definition) is 2. The summed E-state index contributed by atoms with van der Waals surface area (Å²) in [5, 5.41) is 2.11. The van der Waals surface area contributed by atoms with Crippen molar-refractivity contribution in [1.82, 2.24) is 5.32 Å². The second-order valence-corrected chi connectivity index (χ2v) is 7.41. The maximum Gasteiger partial charge on any atom is 0.417 e. The summed E-state index contributed by atoms with van der Waals surface area (Å²) in [5.41, 5.74) is -1.05. The molecule has 21 heavy (non-hydrogen) atoms. The van der Waals surface area contributed by atoms with Gasteiger partial charge in [-0.2, -0.15) is 13.2 Å². The molecule has 1 aromatic carbocycles. The predicted octanol–water partition coefficient (Wildman–Crippen LogP) is 3.21. The van der Waals surface area contributed by atoms with E-state index in [0.717, 1.165) is 12.1 Å². The Kier molecular flexibility index (Phi) is 6.06. The predicted molar refractivity (Wildman–Crippen MR) is 79.7 cm³/mol. The van der Waals surface area contributed by atoms with Gasteiger partial charge in [-0.1, -0.05) is 22.9 Å². The van der Waals surface area contributed by atoms with Crippen LogP contribution in [0.2, 0.25) is 0 Å². The zero-order valence-corrected chi connectivity index (χ0v) is 13.9. The molecule has 0 aliphatic carbocycles. The summed E-state index contributed by atoms with van der Waals surface area (Å²) in [6.45, 7) is 4.14. The average Bonchev–Trinajstić information content (AvgIpc) is 2.36. The number of anilines is 1. The van der Waals surface area contributed by atoms with Crippen molar-refractivity contribution in [3.05, 3.63) is 28.2 Å². The number of hydrogen-bond acceptors (Lipinski definition) is 3. The molecule has 0 heterocycles. The summed E-state index contributed by atoms with van der Waals surface area (Å²) in [4.78, 5) is 0. The minimum atomic E-state index is -4.56. The van der Waals surface area contributed by atoms with Gasteiger partial charge in [0.05, 0.1) is 10.8 Å². The Morgan fingerprint density at radius 2 is 1.95 bits per heavy atom. The van der Waals surface area contributed by atoms with Crippen molar-refractivity contribution in [2.75, 3.05) is 17.8 Å². The third kappa shape index (κ3) is 5.15. The van der Waals surface area contributed by atoms with Crippen LogP contribution in [-0.4, -0.2) is 26.8 Å². The van der Waals surface area contributed by atoms with Gasteiger partial charge >= 0.3 is 6.18 Å². The Morgan fingerprint density at radius 1 is 1.33 bits per heavy atom. The Labute approximate surface area is 130 Å². The van der Waals surface area contributed by atoms with Crippen molar-refractivity contribution >= 4 is 31.6 Å². The second kappa shape index (κ2) is 6.97. The lowest BCUT2D eigenvalue weighted by Gasteiger charge is -2.16. The summed E-state index contributed by atoms with van der Waals surface area (Å²) >= 11 is 2.80. The van der Waals surface area contributed by atoms with Gasteiger partial charge in [0.2, 0.25) is 10.0 Å². The van der Waals surface area contributed by atoms with Crippen LogP contribution in [0.4, 0.5) is 18.9 Å². The summed E-state index contributed by atoms with van der Waals surface area (Å²) in [7, 11) is -3.76. The highest BCUT2D eigenvalue weighted by molar-refractivity contribution is 9.10. The van der Waals surface area contributed by atoms with Gasteiger partial charge in [0.1, 0.15) is 0 Å². The van der Waals surface area contributed by atoms with E-state index in [2.05, 4.69) is 26.0 Å². The fourth-order valence-electron chi connectivity index (χ4n) is 1.53. The lowest BCUT2D eigenvalue weighted by atomic mass is 10.2. The molecule has 120 valence electrons. The molecule has 0 radical (unpaired) electrons. The van der Waals surface area contributed by atoms with Crippen molar-refractivity contribution in [2.24, 2.45) is 0 Å². The van der Waals surface area contributed by atoms with E-state index in [0.29, 0.717) is 6.54 Å². The molecule has 0 spiro atoms. The molecule has 4 nitrogen and oxygen atoms in total. The molecule has 1 aromatic rings. The number of halogens is 4. The summed E-state index contributed by atoms with van der Waals surface area (Å²) in [6.07, 6.45) is -4.56. The Hall–Kier alpha value is -0.800. The van der Waals surface area contributed by atoms with E-state index in [1.165, 1.54) is 13.0 Å². The van der Waals surface area contributed by atoms with E-state index in [-0.39, 0.29) is 16.7 Å². The van der Waals surface area contributed by atoms with Crippen molar-refractivity contribution in [2.45, 2.75) is 25.3 Å². The van der Waals surface area contributed by atoms with Crippen LogP contribution in [0, 0.1) is 0 Å². The zero-order valence-electron chi connectivity index (χ0n) is 11.5. The molecule has 0 fully saturated rings. The van der Waals surface area contributed by atoms with Crippen molar-refractivity contribution in [3.63, 3.8) is 0 Å². The zero-order chi connectivity index (χ0) is 16.3. The lowest BCUT2D eigenvalue weighted by molar-refractivity contribution is -0.138. The van der Waals surface area contributed by atoms with Gasteiger partial charge in [-0.15, -0.1) is 0 Å². The van der Waals surface area contributed by atoms with Gasteiger partial charge in [-0.05, 0) is 31.7 Å². The monoisotopic (exact) mass is 388 g/mol. The molecule has 1 rings (SSSR count). The molecule has 0 saturated heterocycles. The van der Waals surface area contributed by atoms with Gasteiger partial charge in [0, 0.05) is 16.7 Å². The normalized spacial score (nSPS) is 14.0. The molecule has 0 saturated carbocycles. The van der Waals surface area contributed by atoms with Crippen LogP contribution in [0.5, 0.6) is 0 Å². The first kappa shape index (κ1) is 18.2. The van der Waals surface area contributed by atoms with E-state index in [4.69, 9.17) is 0 Å². The third-order valence-electron chi connectivity index (χ3n) is 2.74. The van der Waals surface area contributed by atoms with Crippen LogP contribution in [-0.2, 0) is 16.2 Å². The van der Waals surface area contributed by atoms with Crippen molar-refractivity contribution < 1.29 is 21.6 Å². The van der Waals surface area contributed by atoms with E-state index in [1.807, 2.05) is 6.92 Å². The molecule has 9 heteroatoms. The van der Waals surface area contributed by atoms with Gasteiger partial charge in [0.25, 0.3) is 0 Å². The Bertz CT molecular complexity index is 591. The van der Waals surface area contributed by atoms with Crippen LogP contribution in [0.25, 0.3) is 0 Å². The number of benzene rings is 1. The first-order valence-electron chi connectivity index (χ1n) is 6.17. The SMILES string of the molecule is CCNCC(C)S(=O)(=O)Nc1ccc(Br)c(C(F)(F)F)c1. The number of nitrogens with one attached hydrogen (secondary N) is 2. The summed E-state index contributed by atoms with van der Waals surface area (Å²) < 4.78 is 64.4. The van der Waals surface area contributed by atoms with Gasteiger partial charge in [-0.3, -0.25) is 4.72 Å². The van der Waals surface area contributed by atoms with Crippen molar-refractivity contribution in [3.8, 4) is 0 Å². The molecule has 0 aromatic heterocycles. The molecular weight excluding hydrogens is 373 g/mol. The molecule has 0 bridgehead atoms. The van der Waals surface area contributed by atoms with Crippen LogP contribution in [0.3, 0.4) is 0 Å². The molecule has 0 aliphatic rings. The maximum atomic E-state index is 12.8. The molecular formula is C12H16BrF3N2O2S. The smallest absolute Gasteiger partial charge is 0.316 e. The Morgan fingerprint density at radius 3 is 2.48 bits per heavy atom. The summed E-state index contributed by atoms with van der Waals surface area (Å²) in [6, 6.07) is 3.20. The van der Waals surface area contributed by atoms with Crippen LogP contribution < -0.4 is 10.0 Å². The quantitative estimate of drug-likeness (QED) is 0.786. The number of alkyl halides is 3.